The summed E-state index contributed by atoms with van der Waals surface area (Å²) in [5.41, 5.74) is 3.84. The van der Waals surface area contributed by atoms with Gasteiger partial charge in [0.25, 0.3) is 0 Å². The normalized spacial score (nSPS) is 12.7. The first-order chi connectivity index (χ1) is 17.7. The van der Waals surface area contributed by atoms with Crippen molar-refractivity contribution in [1.29, 1.82) is 0 Å². The molecule has 38 heavy (non-hydrogen) atoms. The van der Waals surface area contributed by atoms with Gasteiger partial charge in [-0.3, -0.25) is 4.98 Å². The molecule has 0 fully saturated rings. The van der Waals surface area contributed by atoms with Crippen molar-refractivity contribution in [2.75, 3.05) is 7.11 Å². The minimum Gasteiger partial charge on any atom is -0.550 e. The Balaban J connectivity index is 0.00000507. The Morgan fingerprint density at radius 1 is 1.13 bits per heavy atom. The minimum atomic E-state index is -1.39. The van der Waals surface area contributed by atoms with E-state index in [1.165, 1.54) is 18.2 Å². The van der Waals surface area contributed by atoms with E-state index in [-0.39, 0.29) is 54.3 Å². The van der Waals surface area contributed by atoms with Gasteiger partial charge in [-0.2, -0.15) is 0 Å². The molecule has 2 atom stereocenters. The van der Waals surface area contributed by atoms with Gasteiger partial charge in [-0.05, 0) is 58.5 Å². The molecular weight excluding hydrogens is 500 g/mol. The number of carbonyl (C=O) groups is 1. The number of hydrogen-bond donors (Lipinski definition) is 2. The zero-order valence-electron chi connectivity index (χ0n) is 22.1. The van der Waals surface area contributed by atoms with Crippen LogP contribution >= 0.6 is 0 Å². The number of hydrogen-bond acceptors (Lipinski definition) is 7. The van der Waals surface area contributed by atoms with Gasteiger partial charge in [-0.25, -0.2) is 4.39 Å². The van der Waals surface area contributed by atoms with Gasteiger partial charge in [0, 0.05) is 36.8 Å². The first kappa shape index (κ1) is 31.5. The standard InChI is InChI=1S/C29H32FNO6.Na/c1-18(2)25-16-26(36-3)29(37-17-19-10-12-31-13-11-19)28(20-4-6-21(30)7-5-20)24(25)9-8-22(32)14-23(33)15-27(34)35;/h4-13,16,18,22-23,32-33H,14-15,17H2,1-3H3,(H,34,35);/q;+1/p-1/b9-8+;. The van der Waals surface area contributed by atoms with E-state index < -0.39 is 24.6 Å². The first-order valence-electron chi connectivity index (χ1n) is 12.0. The fourth-order valence-corrected chi connectivity index (χ4v) is 4.00. The van der Waals surface area contributed by atoms with Crippen molar-refractivity contribution >= 4 is 12.0 Å². The van der Waals surface area contributed by atoms with E-state index in [1.807, 2.05) is 32.0 Å². The maximum absolute atomic E-state index is 13.8. The summed E-state index contributed by atoms with van der Waals surface area (Å²) in [6.45, 7) is 4.26. The first-order valence-corrected chi connectivity index (χ1v) is 12.0. The molecule has 0 spiro atoms. The Morgan fingerprint density at radius 3 is 2.37 bits per heavy atom. The molecule has 1 aromatic heterocycles. The van der Waals surface area contributed by atoms with Crippen LogP contribution in [0.4, 0.5) is 4.39 Å². The van der Waals surface area contributed by atoms with Gasteiger partial charge in [0.05, 0.1) is 19.3 Å². The van der Waals surface area contributed by atoms with Crippen LogP contribution in [0, 0.1) is 5.82 Å². The molecule has 3 aromatic rings. The number of rotatable bonds is 12. The van der Waals surface area contributed by atoms with E-state index in [0.717, 1.165) is 16.7 Å². The second-order valence-electron chi connectivity index (χ2n) is 8.98. The molecule has 0 bridgehead atoms. The number of methoxy groups -OCH3 is 1. The molecule has 2 N–H and O–H groups in total. The van der Waals surface area contributed by atoms with E-state index >= 15 is 0 Å². The quantitative estimate of drug-likeness (QED) is 0.334. The van der Waals surface area contributed by atoms with E-state index in [2.05, 4.69) is 4.98 Å². The number of benzene rings is 2. The zero-order chi connectivity index (χ0) is 26.9. The third kappa shape index (κ3) is 8.64. The number of ether oxygens (including phenoxy) is 2. The second-order valence-corrected chi connectivity index (χ2v) is 8.98. The molecular formula is C29H31FNNaO6. The van der Waals surface area contributed by atoms with Crippen molar-refractivity contribution in [3.8, 4) is 22.6 Å². The molecule has 0 aliphatic rings. The SMILES string of the molecule is COc1cc(C(C)C)c(/C=C/C(O)CC(O)CC(=O)[O-])c(-c2ccc(F)cc2)c1OCc1ccncc1.[Na+]. The molecule has 0 saturated heterocycles. The van der Waals surface area contributed by atoms with Crippen LogP contribution in [-0.4, -0.2) is 40.5 Å². The zero-order valence-corrected chi connectivity index (χ0v) is 24.1. The molecule has 2 aromatic carbocycles. The van der Waals surface area contributed by atoms with E-state index in [1.54, 1.807) is 37.7 Å². The van der Waals surface area contributed by atoms with Gasteiger partial charge in [-0.15, -0.1) is 0 Å². The molecule has 7 nitrogen and oxygen atoms in total. The van der Waals surface area contributed by atoms with E-state index in [0.29, 0.717) is 22.6 Å². The second kappa shape index (κ2) is 15.0. The number of carboxylic acid groups (broad SMARTS) is 1. The summed E-state index contributed by atoms with van der Waals surface area (Å²) in [5, 5.41) is 31.1. The Hall–Kier alpha value is -2.75. The Kier molecular flexibility index (Phi) is 12.4. The van der Waals surface area contributed by atoms with Crippen LogP contribution < -0.4 is 44.1 Å². The Bertz CT molecular complexity index is 1220. The van der Waals surface area contributed by atoms with Gasteiger partial charge < -0.3 is 29.6 Å². The summed E-state index contributed by atoms with van der Waals surface area (Å²) in [7, 11) is 1.55. The molecule has 0 saturated carbocycles. The predicted octanol–water partition coefficient (Wildman–Crippen LogP) is 0.868. The van der Waals surface area contributed by atoms with Crippen LogP contribution in [0.1, 0.15) is 49.3 Å². The fourth-order valence-electron chi connectivity index (χ4n) is 4.00. The molecule has 2 unspecified atom stereocenters. The maximum Gasteiger partial charge on any atom is 1.00 e. The summed E-state index contributed by atoms with van der Waals surface area (Å²) < 4.78 is 25.8. The maximum atomic E-state index is 13.8. The molecule has 0 amide bonds. The minimum absolute atomic E-state index is 0. The summed E-state index contributed by atoms with van der Waals surface area (Å²) >= 11 is 0. The van der Waals surface area contributed by atoms with Crippen LogP contribution in [0.5, 0.6) is 11.5 Å². The van der Waals surface area contributed by atoms with Crippen LogP contribution in [0.2, 0.25) is 0 Å². The van der Waals surface area contributed by atoms with Crippen molar-refractivity contribution in [3.63, 3.8) is 0 Å². The Morgan fingerprint density at radius 2 is 1.79 bits per heavy atom. The average molecular weight is 532 g/mol. The summed E-state index contributed by atoms with van der Waals surface area (Å²) in [6.07, 6.45) is 3.44. The number of pyridine rings is 1. The summed E-state index contributed by atoms with van der Waals surface area (Å²) in [5.74, 6) is -0.789. The van der Waals surface area contributed by atoms with Crippen molar-refractivity contribution in [3.05, 3.63) is 83.4 Å². The van der Waals surface area contributed by atoms with Crippen LogP contribution in [0.25, 0.3) is 17.2 Å². The molecule has 3 rings (SSSR count). The van der Waals surface area contributed by atoms with Gasteiger partial charge in [-0.1, -0.05) is 38.1 Å². The predicted molar refractivity (Wildman–Crippen MR) is 136 cm³/mol. The monoisotopic (exact) mass is 531 g/mol. The van der Waals surface area contributed by atoms with E-state index in [4.69, 9.17) is 9.47 Å². The molecule has 1 heterocycles. The molecule has 9 heteroatoms. The summed E-state index contributed by atoms with van der Waals surface area (Å²) in [6, 6.07) is 11.5. The molecule has 0 aliphatic heterocycles. The number of halogens is 1. The number of aliphatic carboxylic acids is 1. The number of aliphatic hydroxyl groups excluding tert-OH is 2. The van der Waals surface area contributed by atoms with Gasteiger partial charge in [0.1, 0.15) is 12.4 Å². The van der Waals surface area contributed by atoms with Gasteiger partial charge >= 0.3 is 29.6 Å². The van der Waals surface area contributed by atoms with Gasteiger partial charge in [0.15, 0.2) is 11.5 Å². The van der Waals surface area contributed by atoms with Crippen molar-refractivity contribution in [1.82, 2.24) is 4.98 Å². The average Bonchev–Trinajstić information content (AvgIpc) is 2.86. The van der Waals surface area contributed by atoms with Gasteiger partial charge in [0.2, 0.25) is 0 Å². The third-order valence-corrected chi connectivity index (χ3v) is 5.83. The smallest absolute Gasteiger partial charge is 0.550 e. The number of carbonyl (C=O) groups excluding carboxylic acids is 1. The molecule has 196 valence electrons. The number of aliphatic hydroxyl groups is 2. The van der Waals surface area contributed by atoms with Crippen molar-refractivity contribution in [2.45, 2.75) is 51.4 Å². The fraction of sp³-hybridized carbons (Fsp3) is 0.310. The summed E-state index contributed by atoms with van der Waals surface area (Å²) in [4.78, 5) is 14.8. The van der Waals surface area contributed by atoms with Crippen LogP contribution in [-0.2, 0) is 11.4 Å². The molecule has 0 radical (unpaired) electrons. The van der Waals surface area contributed by atoms with E-state index in [9.17, 15) is 24.5 Å². The van der Waals surface area contributed by atoms with Crippen LogP contribution in [0.3, 0.4) is 0 Å². The van der Waals surface area contributed by atoms with Crippen molar-refractivity contribution in [2.24, 2.45) is 0 Å². The largest absolute Gasteiger partial charge is 1.00 e. The molecule has 0 aliphatic carbocycles. The van der Waals surface area contributed by atoms with Crippen LogP contribution in [0.15, 0.2) is 60.9 Å². The number of nitrogens with zero attached hydrogens (tertiary/aromatic N) is 1. The van der Waals surface area contributed by atoms with Crippen molar-refractivity contribution < 1.29 is 63.5 Å². The number of carboxylic acids is 1. The Labute approximate surface area is 244 Å². The third-order valence-electron chi connectivity index (χ3n) is 5.83. The number of aromatic nitrogens is 1. The topological polar surface area (TPSA) is 112 Å².